The van der Waals surface area contributed by atoms with Crippen LogP contribution in [0.5, 0.6) is 0 Å². The molecule has 2 heteroatoms. The van der Waals surface area contributed by atoms with Gasteiger partial charge in [0.15, 0.2) is 0 Å². The van der Waals surface area contributed by atoms with Crippen molar-refractivity contribution in [2.24, 2.45) is 5.73 Å². The Morgan fingerprint density at radius 3 is 2.33 bits per heavy atom. The van der Waals surface area contributed by atoms with Gasteiger partial charge in [-0.25, -0.2) is 0 Å². The molecule has 3 rings (SSSR count). The van der Waals surface area contributed by atoms with Crippen molar-refractivity contribution in [3.8, 4) is 11.1 Å². The van der Waals surface area contributed by atoms with Gasteiger partial charge in [-0.05, 0) is 28.3 Å². The van der Waals surface area contributed by atoms with Gasteiger partial charge in [0.2, 0.25) is 5.91 Å². The summed E-state index contributed by atoms with van der Waals surface area (Å²) in [5.74, 6) is -0.364. The van der Waals surface area contributed by atoms with Crippen molar-refractivity contribution in [2.45, 2.75) is 13.3 Å². The third-order valence-electron chi connectivity index (χ3n) is 3.82. The monoisotopic (exact) mass is 275 g/mol. The van der Waals surface area contributed by atoms with Crippen molar-refractivity contribution < 1.29 is 4.79 Å². The van der Waals surface area contributed by atoms with Gasteiger partial charge in [-0.15, -0.1) is 0 Å². The van der Waals surface area contributed by atoms with Crippen molar-refractivity contribution in [1.82, 2.24) is 0 Å². The number of primary amides is 1. The molecule has 0 unspecified atom stereocenters. The summed E-state index contributed by atoms with van der Waals surface area (Å²) in [5, 5.41) is 2.20. The molecule has 0 saturated carbocycles. The summed E-state index contributed by atoms with van der Waals surface area (Å²) < 4.78 is 0. The van der Waals surface area contributed by atoms with Crippen LogP contribution in [-0.2, 0) is 6.42 Å². The van der Waals surface area contributed by atoms with Gasteiger partial charge >= 0.3 is 0 Å². The molecular weight excluding hydrogens is 258 g/mol. The number of nitrogens with two attached hydrogens (primary N) is 1. The smallest absolute Gasteiger partial charge is 0.249 e. The van der Waals surface area contributed by atoms with E-state index in [1.165, 1.54) is 0 Å². The molecule has 0 radical (unpaired) electrons. The number of hydrogen-bond donors (Lipinski definition) is 1. The molecule has 0 fully saturated rings. The highest BCUT2D eigenvalue weighted by Gasteiger charge is 2.17. The standard InChI is InChI=1S/C19H17NO/c1-2-13-12-15-10-6-7-11-16(15)17(18(13)19(20)21)14-8-4-3-5-9-14/h3-12H,2H2,1H3,(H2,20,21). The lowest BCUT2D eigenvalue weighted by molar-refractivity contribution is 0.1000. The Labute approximate surface area is 124 Å². The van der Waals surface area contributed by atoms with Crippen LogP contribution in [0, 0.1) is 0 Å². The van der Waals surface area contributed by atoms with Crippen LogP contribution in [0.1, 0.15) is 22.8 Å². The summed E-state index contributed by atoms with van der Waals surface area (Å²) in [6.07, 6.45) is 0.781. The second kappa shape index (κ2) is 5.41. The lowest BCUT2D eigenvalue weighted by atomic mass is 9.88. The molecule has 0 spiro atoms. The highest BCUT2D eigenvalue weighted by Crippen LogP contribution is 2.34. The first-order valence-electron chi connectivity index (χ1n) is 7.12. The van der Waals surface area contributed by atoms with Crippen LogP contribution in [0.2, 0.25) is 0 Å². The number of aryl methyl sites for hydroxylation is 1. The van der Waals surface area contributed by atoms with Crippen molar-refractivity contribution in [2.75, 3.05) is 0 Å². The molecule has 2 N–H and O–H groups in total. The predicted molar refractivity (Wildman–Crippen MR) is 87.3 cm³/mol. The van der Waals surface area contributed by atoms with Gasteiger partial charge in [-0.2, -0.15) is 0 Å². The van der Waals surface area contributed by atoms with Crippen LogP contribution in [0.3, 0.4) is 0 Å². The van der Waals surface area contributed by atoms with Crippen LogP contribution in [0.15, 0.2) is 60.7 Å². The van der Waals surface area contributed by atoms with Crippen LogP contribution >= 0.6 is 0 Å². The fraction of sp³-hybridized carbons (Fsp3) is 0.105. The topological polar surface area (TPSA) is 43.1 Å². The Balaban J connectivity index is 2.48. The molecule has 0 bridgehead atoms. The zero-order valence-corrected chi connectivity index (χ0v) is 12.0. The fourth-order valence-corrected chi connectivity index (χ4v) is 2.87. The van der Waals surface area contributed by atoms with Gasteiger partial charge in [0.05, 0.1) is 5.56 Å². The van der Waals surface area contributed by atoms with E-state index >= 15 is 0 Å². The molecule has 1 amide bonds. The van der Waals surface area contributed by atoms with E-state index in [-0.39, 0.29) is 5.91 Å². The Hall–Kier alpha value is -2.61. The zero-order chi connectivity index (χ0) is 14.8. The van der Waals surface area contributed by atoms with Crippen LogP contribution < -0.4 is 5.73 Å². The lowest BCUT2D eigenvalue weighted by Gasteiger charge is -2.15. The number of rotatable bonds is 3. The summed E-state index contributed by atoms with van der Waals surface area (Å²) >= 11 is 0. The number of fused-ring (bicyclic) bond motifs is 1. The first-order valence-corrected chi connectivity index (χ1v) is 7.12. The van der Waals surface area contributed by atoms with Gasteiger partial charge in [0.25, 0.3) is 0 Å². The molecule has 3 aromatic carbocycles. The van der Waals surface area contributed by atoms with Gasteiger partial charge in [-0.1, -0.05) is 67.6 Å². The van der Waals surface area contributed by atoms with Crippen molar-refractivity contribution in [3.05, 3.63) is 71.8 Å². The second-order valence-corrected chi connectivity index (χ2v) is 5.09. The molecule has 0 aliphatic rings. The highest BCUT2D eigenvalue weighted by molar-refractivity contribution is 6.10. The summed E-state index contributed by atoms with van der Waals surface area (Å²) in [4.78, 5) is 12.0. The number of carbonyl (C=O) groups is 1. The molecule has 0 atom stereocenters. The average Bonchev–Trinajstić information content (AvgIpc) is 2.53. The highest BCUT2D eigenvalue weighted by atomic mass is 16.1. The third-order valence-corrected chi connectivity index (χ3v) is 3.82. The number of carbonyl (C=O) groups excluding carboxylic acids is 1. The van der Waals surface area contributed by atoms with Crippen molar-refractivity contribution >= 4 is 16.7 Å². The summed E-state index contributed by atoms with van der Waals surface area (Å²) in [7, 11) is 0. The molecule has 0 heterocycles. The Kier molecular flexibility index (Phi) is 3.44. The molecule has 0 saturated heterocycles. The molecule has 2 nitrogen and oxygen atoms in total. The van der Waals surface area contributed by atoms with Crippen molar-refractivity contribution in [1.29, 1.82) is 0 Å². The second-order valence-electron chi connectivity index (χ2n) is 5.09. The average molecular weight is 275 g/mol. The maximum atomic E-state index is 12.0. The molecule has 0 aliphatic heterocycles. The molecule has 21 heavy (non-hydrogen) atoms. The van der Waals surface area contributed by atoms with E-state index in [1.54, 1.807) is 0 Å². The van der Waals surface area contributed by atoms with Gasteiger partial charge in [0, 0.05) is 5.56 Å². The molecule has 0 aliphatic carbocycles. The van der Waals surface area contributed by atoms with E-state index in [4.69, 9.17) is 5.73 Å². The van der Waals surface area contributed by atoms with Gasteiger partial charge < -0.3 is 5.73 Å². The summed E-state index contributed by atoms with van der Waals surface area (Å²) in [6.45, 7) is 2.05. The van der Waals surface area contributed by atoms with Crippen LogP contribution in [0.25, 0.3) is 21.9 Å². The largest absolute Gasteiger partial charge is 0.366 e. The first kappa shape index (κ1) is 13.4. The Bertz CT molecular complexity index is 806. The minimum Gasteiger partial charge on any atom is -0.366 e. The Morgan fingerprint density at radius 2 is 1.67 bits per heavy atom. The third kappa shape index (κ3) is 2.29. The zero-order valence-electron chi connectivity index (χ0n) is 12.0. The summed E-state index contributed by atoms with van der Waals surface area (Å²) in [6, 6.07) is 20.2. The van der Waals surface area contributed by atoms with E-state index in [0.29, 0.717) is 5.56 Å². The van der Waals surface area contributed by atoms with Crippen LogP contribution in [0.4, 0.5) is 0 Å². The molecule has 0 aromatic heterocycles. The van der Waals surface area contributed by atoms with E-state index < -0.39 is 0 Å². The van der Waals surface area contributed by atoms with E-state index in [0.717, 1.165) is 33.9 Å². The number of amides is 1. The van der Waals surface area contributed by atoms with Crippen molar-refractivity contribution in [3.63, 3.8) is 0 Å². The molecular formula is C19H17NO. The fourth-order valence-electron chi connectivity index (χ4n) is 2.87. The van der Waals surface area contributed by atoms with Gasteiger partial charge in [-0.3, -0.25) is 4.79 Å². The predicted octanol–water partition coefficient (Wildman–Crippen LogP) is 4.17. The van der Waals surface area contributed by atoms with E-state index in [1.807, 2.05) is 55.5 Å². The normalized spacial score (nSPS) is 10.7. The molecule has 104 valence electrons. The summed E-state index contributed by atoms with van der Waals surface area (Å²) in [5.41, 5.74) is 9.29. The minimum absolute atomic E-state index is 0.364. The number of hydrogen-bond acceptors (Lipinski definition) is 1. The lowest BCUT2D eigenvalue weighted by Crippen LogP contribution is -2.15. The molecule has 3 aromatic rings. The minimum atomic E-state index is -0.364. The quantitative estimate of drug-likeness (QED) is 0.766. The van der Waals surface area contributed by atoms with Crippen LogP contribution in [-0.4, -0.2) is 5.91 Å². The van der Waals surface area contributed by atoms with E-state index in [9.17, 15) is 4.79 Å². The first-order chi connectivity index (χ1) is 10.2. The van der Waals surface area contributed by atoms with E-state index in [2.05, 4.69) is 12.1 Å². The maximum Gasteiger partial charge on any atom is 0.249 e. The maximum absolute atomic E-state index is 12.0. The van der Waals surface area contributed by atoms with Gasteiger partial charge in [0.1, 0.15) is 0 Å². The SMILES string of the molecule is CCc1cc2ccccc2c(-c2ccccc2)c1C(N)=O. The number of benzene rings is 3. The Morgan fingerprint density at radius 1 is 1.00 bits per heavy atom.